The Labute approximate surface area is 82.6 Å². The number of hydrogen-bond donors (Lipinski definition) is 1. The van der Waals surface area contributed by atoms with Gasteiger partial charge in [-0.2, -0.15) is 0 Å². The SMILES string of the molecule is C=CCCCNCC1(CC)CCC1. The largest absolute Gasteiger partial charge is 0.316 e. The summed E-state index contributed by atoms with van der Waals surface area (Å²) in [6.07, 6.45) is 10.1. The smallest absolute Gasteiger partial charge is 0.000770 e. The van der Waals surface area contributed by atoms with Gasteiger partial charge in [0.25, 0.3) is 0 Å². The van der Waals surface area contributed by atoms with Crippen LogP contribution in [-0.4, -0.2) is 13.1 Å². The van der Waals surface area contributed by atoms with Crippen molar-refractivity contribution in [2.24, 2.45) is 5.41 Å². The van der Waals surface area contributed by atoms with E-state index in [4.69, 9.17) is 0 Å². The topological polar surface area (TPSA) is 12.0 Å². The van der Waals surface area contributed by atoms with E-state index in [1.54, 1.807) is 0 Å². The number of rotatable bonds is 7. The van der Waals surface area contributed by atoms with Gasteiger partial charge in [-0.25, -0.2) is 0 Å². The highest BCUT2D eigenvalue weighted by atomic mass is 14.9. The van der Waals surface area contributed by atoms with Gasteiger partial charge in [-0.3, -0.25) is 0 Å². The summed E-state index contributed by atoms with van der Waals surface area (Å²) in [5.74, 6) is 0. The van der Waals surface area contributed by atoms with Crippen LogP contribution < -0.4 is 5.32 Å². The second-order valence-corrected chi connectivity index (χ2v) is 4.31. The van der Waals surface area contributed by atoms with Crippen molar-refractivity contribution in [3.05, 3.63) is 12.7 Å². The fourth-order valence-corrected chi connectivity index (χ4v) is 2.06. The molecule has 1 fully saturated rings. The second kappa shape index (κ2) is 5.43. The van der Waals surface area contributed by atoms with Crippen molar-refractivity contribution in [3.8, 4) is 0 Å². The van der Waals surface area contributed by atoms with Crippen LogP contribution >= 0.6 is 0 Å². The Hall–Kier alpha value is -0.300. The first-order valence-electron chi connectivity index (χ1n) is 5.64. The maximum absolute atomic E-state index is 3.72. The van der Waals surface area contributed by atoms with E-state index >= 15 is 0 Å². The molecular formula is C12H23N. The minimum absolute atomic E-state index is 0.675. The first kappa shape index (κ1) is 10.8. The zero-order chi connectivity index (χ0) is 9.57. The van der Waals surface area contributed by atoms with Gasteiger partial charge in [-0.15, -0.1) is 6.58 Å². The summed E-state index contributed by atoms with van der Waals surface area (Å²) in [5, 5.41) is 3.57. The molecule has 1 saturated carbocycles. The average Bonchev–Trinajstić information content (AvgIpc) is 2.09. The summed E-state index contributed by atoms with van der Waals surface area (Å²) >= 11 is 0. The lowest BCUT2D eigenvalue weighted by atomic mass is 9.67. The molecule has 0 aromatic heterocycles. The summed E-state index contributed by atoms with van der Waals surface area (Å²) in [7, 11) is 0. The van der Waals surface area contributed by atoms with Crippen molar-refractivity contribution in [2.45, 2.75) is 45.4 Å². The number of unbranched alkanes of at least 4 members (excludes halogenated alkanes) is 1. The van der Waals surface area contributed by atoms with Crippen LogP contribution in [0.3, 0.4) is 0 Å². The molecular weight excluding hydrogens is 158 g/mol. The molecule has 1 aliphatic rings. The zero-order valence-corrected chi connectivity index (χ0v) is 8.94. The van der Waals surface area contributed by atoms with Crippen molar-refractivity contribution < 1.29 is 0 Å². The first-order valence-corrected chi connectivity index (χ1v) is 5.64. The van der Waals surface area contributed by atoms with Crippen LogP contribution in [0.5, 0.6) is 0 Å². The van der Waals surface area contributed by atoms with E-state index < -0.39 is 0 Å². The molecule has 0 saturated heterocycles. The van der Waals surface area contributed by atoms with Gasteiger partial charge >= 0.3 is 0 Å². The molecule has 0 aromatic carbocycles. The Kier molecular flexibility index (Phi) is 4.51. The predicted octanol–water partition coefficient (Wildman–Crippen LogP) is 3.12. The molecule has 1 rings (SSSR count). The molecule has 0 bridgehead atoms. The minimum Gasteiger partial charge on any atom is -0.316 e. The fraction of sp³-hybridized carbons (Fsp3) is 0.833. The van der Waals surface area contributed by atoms with E-state index in [0.717, 1.165) is 13.0 Å². The van der Waals surface area contributed by atoms with E-state index in [1.807, 2.05) is 6.08 Å². The molecule has 1 heteroatoms. The van der Waals surface area contributed by atoms with Crippen LogP contribution in [0, 0.1) is 5.41 Å². The van der Waals surface area contributed by atoms with Gasteiger partial charge < -0.3 is 5.32 Å². The Bertz CT molecular complexity index is 142. The molecule has 0 spiro atoms. The monoisotopic (exact) mass is 181 g/mol. The predicted molar refractivity (Wildman–Crippen MR) is 58.9 cm³/mol. The summed E-state index contributed by atoms with van der Waals surface area (Å²) in [4.78, 5) is 0. The third-order valence-corrected chi connectivity index (χ3v) is 3.43. The maximum atomic E-state index is 3.72. The molecule has 0 radical (unpaired) electrons. The third kappa shape index (κ3) is 3.15. The molecule has 0 aromatic rings. The van der Waals surface area contributed by atoms with Crippen molar-refractivity contribution in [1.29, 1.82) is 0 Å². The normalized spacial score (nSPS) is 19.5. The molecule has 76 valence electrons. The molecule has 0 amide bonds. The molecule has 0 unspecified atom stereocenters. The van der Waals surface area contributed by atoms with Gasteiger partial charge in [0.2, 0.25) is 0 Å². The molecule has 1 N–H and O–H groups in total. The van der Waals surface area contributed by atoms with E-state index in [9.17, 15) is 0 Å². The summed E-state index contributed by atoms with van der Waals surface area (Å²) < 4.78 is 0. The number of hydrogen-bond acceptors (Lipinski definition) is 1. The highest BCUT2D eigenvalue weighted by Crippen LogP contribution is 2.42. The number of nitrogens with one attached hydrogen (secondary N) is 1. The van der Waals surface area contributed by atoms with Gasteiger partial charge in [0.1, 0.15) is 0 Å². The standard InChI is InChI=1S/C12H23N/c1-3-5-6-10-13-11-12(4-2)8-7-9-12/h3,13H,1,4-11H2,2H3. The highest BCUT2D eigenvalue weighted by Gasteiger charge is 2.34. The lowest BCUT2D eigenvalue weighted by molar-refractivity contribution is 0.124. The summed E-state index contributed by atoms with van der Waals surface area (Å²) in [5.41, 5.74) is 0.675. The van der Waals surface area contributed by atoms with Gasteiger partial charge in [0, 0.05) is 6.54 Å². The van der Waals surface area contributed by atoms with Crippen LogP contribution in [-0.2, 0) is 0 Å². The molecule has 0 aliphatic heterocycles. The van der Waals surface area contributed by atoms with Crippen molar-refractivity contribution >= 4 is 0 Å². The molecule has 1 nitrogen and oxygen atoms in total. The molecule has 0 atom stereocenters. The summed E-state index contributed by atoms with van der Waals surface area (Å²) in [6.45, 7) is 8.44. The van der Waals surface area contributed by atoms with Crippen LogP contribution in [0.1, 0.15) is 45.4 Å². The third-order valence-electron chi connectivity index (χ3n) is 3.43. The number of allylic oxidation sites excluding steroid dienone is 1. The van der Waals surface area contributed by atoms with Gasteiger partial charge in [0.05, 0.1) is 0 Å². The molecule has 0 heterocycles. The lowest BCUT2D eigenvalue weighted by Crippen LogP contribution is -2.39. The summed E-state index contributed by atoms with van der Waals surface area (Å²) in [6, 6.07) is 0. The lowest BCUT2D eigenvalue weighted by Gasteiger charge is -2.41. The Morgan fingerprint density at radius 2 is 2.23 bits per heavy atom. The van der Waals surface area contributed by atoms with E-state index in [2.05, 4.69) is 18.8 Å². The van der Waals surface area contributed by atoms with Gasteiger partial charge in [-0.1, -0.05) is 19.4 Å². The highest BCUT2D eigenvalue weighted by molar-refractivity contribution is 4.88. The average molecular weight is 181 g/mol. The van der Waals surface area contributed by atoms with E-state index in [-0.39, 0.29) is 0 Å². The quantitative estimate of drug-likeness (QED) is 0.470. The zero-order valence-electron chi connectivity index (χ0n) is 8.94. The maximum Gasteiger partial charge on any atom is 0.000770 e. The minimum atomic E-state index is 0.675. The van der Waals surface area contributed by atoms with E-state index in [1.165, 1.54) is 38.6 Å². The van der Waals surface area contributed by atoms with Crippen LogP contribution in [0.15, 0.2) is 12.7 Å². The van der Waals surface area contributed by atoms with E-state index in [0.29, 0.717) is 5.41 Å². The molecule has 13 heavy (non-hydrogen) atoms. The van der Waals surface area contributed by atoms with Gasteiger partial charge in [0.15, 0.2) is 0 Å². The van der Waals surface area contributed by atoms with Crippen LogP contribution in [0.4, 0.5) is 0 Å². The van der Waals surface area contributed by atoms with Crippen molar-refractivity contribution in [2.75, 3.05) is 13.1 Å². The molecule has 1 aliphatic carbocycles. The second-order valence-electron chi connectivity index (χ2n) is 4.31. The van der Waals surface area contributed by atoms with Crippen LogP contribution in [0.2, 0.25) is 0 Å². The first-order chi connectivity index (χ1) is 6.33. The Morgan fingerprint density at radius 1 is 1.46 bits per heavy atom. The Balaban J connectivity index is 2.00. The van der Waals surface area contributed by atoms with Gasteiger partial charge in [-0.05, 0) is 44.1 Å². The van der Waals surface area contributed by atoms with Crippen molar-refractivity contribution in [3.63, 3.8) is 0 Å². The Morgan fingerprint density at radius 3 is 2.69 bits per heavy atom. The van der Waals surface area contributed by atoms with Crippen LogP contribution in [0.25, 0.3) is 0 Å². The van der Waals surface area contributed by atoms with Crippen molar-refractivity contribution in [1.82, 2.24) is 5.32 Å². The fourth-order valence-electron chi connectivity index (χ4n) is 2.06.